The van der Waals surface area contributed by atoms with E-state index in [2.05, 4.69) is 5.32 Å². The molecule has 1 aromatic carbocycles. The molecule has 112 valence electrons. The van der Waals surface area contributed by atoms with Crippen molar-refractivity contribution in [2.45, 2.75) is 44.6 Å². The van der Waals surface area contributed by atoms with Crippen LogP contribution in [-0.4, -0.2) is 26.3 Å². The van der Waals surface area contributed by atoms with Crippen LogP contribution in [0.4, 0.5) is 4.39 Å². The van der Waals surface area contributed by atoms with Gasteiger partial charge in [0.1, 0.15) is 5.82 Å². The van der Waals surface area contributed by atoms with Gasteiger partial charge in [-0.15, -0.1) is 0 Å². The first-order valence-corrected chi connectivity index (χ1v) is 7.74. The Hall–Kier alpha value is -0.930. The minimum Gasteiger partial charge on any atom is -0.385 e. The fraction of sp³-hybridized carbons (Fsp3) is 0.647. The van der Waals surface area contributed by atoms with Gasteiger partial charge in [-0.1, -0.05) is 18.6 Å². The maximum Gasteiger partial charge on any atom is 0.123 e. The Labute approximate surface area is 121 Å². The third-order valence-corrected chi connectivity index (χ3v) is 3.92. The molecule has 0 aliphatic heterocycles. The van der Waals surface area contributed by atoms with Gasteiger partial charge in [-0.25, -0.2) is 4.39 Å². The maximum absolute atomic E-state index is 12.9. The van der Waals surface area contributed by atoms with Crippen molar-refractivity contribution in [3.8, 4) is 0 Å². The van der Waals surface area contributed by atoms with E-state index in [4.69, 9.17) is 4.74 Å². The number of rotatable bonds is 10. The molecule has 0 saturated heterocycles. The highest BCUT2D eigenvalue weighted by Gasteiger charge is 2.21. The van der Waals surface area contributed by atoms with Crippen LogP contribution in [0.2, 0.25) is 0 Å². The van der Waals surface area contributed by atoms with Crippen LogP contribution in [0.15, 0.2) is 24.3 Å². The zero-order valence-electron chi connectivity index (χ0n) is 12.4. The Balaban J connectivity index is 1.78. The molecule has 0 amide bonds. The summed E-state index contributed by atoms with van der Waals surface area (Å²) in [7, 11) is 1.75. The molecule has 0 heterocycles. The molecule has 3 heteroatoms. The van der Waals surface area contributed by atoms with E-state index in [-0.39, 0.29) is 5.82 Å². The predicted octanol–water partition coefficient (Wildman–Crippen LogP) is 3.55. The van der Waals surface area contributed by atoms with Crippen molar-refractivity contribution in [1.29, 1.82) is 0 Å². The average molecular weight is 279 g/mol. The molecular formula is C17H26FNO. The third-order valence-electron chi connectivity index (χ3n) is 3.92. The van der Waals surface area contributed by atoms with Crippen LogP contribution >= 0.6 is 0 Å². The molecule has 1 saturated carbocycles. The van der Waals surface area contributed by atoms with Gasteiger partial charge in [0.05, 0.1) is 0 Å². The maximum atomic E-state index is 12.9. The Morgan fingerprint density at radius 3 is 2.65 bits per heavy atom. The van der Waals surface area contributed by atoms with Gasteiger partial charge < -0.3 is 10.1 Å². The van der Waals surface area contributed by atoms with Gasteiger partial charge >= 0.3 is 0 Å². The van der Waals surface area contributed by atoms with Crippen LogP contribution in [0.25, 0.3) is 0 Å². The van der Waals surface area contributed by atoms with Crippen LogP contribution in [0.3, 0.4) is 0 Å². The number of ether oxygens (including phenoxy) is 1. The summed E-state index contributed by atoms with van der Waals surface area (Å²) in [4.78, 5) is 0. The largest absolute Gasteiger partial charge is 0.385 e. The second kappa shape index (κ2) is 8.38. The molecule has 0 spiro atoms. The summed E-state index contributed by atoms with van der Waals surface area (Å²) in [5, 5.41) is 3.62. The molecule has 20 heavy (non-hydrogen) atoms. The van der Waals surface area contributed by atoms with Crippen LogP contribution in [0.1, 0.15) is 37.7 Å². The monoisotopic (exact) mass is 279 g/mol. The van der Waals surface area contributed by atoms with Crippen molar-refractivity contribution >= 4 is 0 Å². The van der Waals surface area contributed by atoms with E-state index >= 15 is 0 Å². The average Bonchev–Trinajstić information content (AvgIpc) is 3.27. The molecule has 1 atom stereocenters. The lowest BCUT2D eigenvalue weighted by Gasteiger charge is -2.18. The zero-order chi connectivity index (χ0) is 14.2. The topological polar surface area (TPSA) is 21.3 Å². The number of halogens is 1. The molecule has 2 nitrogen and oxygen atoms in total. The van der Waals surface area contributed by atoms with Crippen LogP contribution in [0, 0.1) is 11.7 Å². The Kier molecular flexibility index (Phi) is 6.48. The molecular weight excluding hydrogens is 253 g/mol. The van der Waals surface area contributed by atoms with Gasteiger partial charge in [-0.05, 0) is 62.3 Å². The molecule has 1 aliphatic rings. The summed E-state index contributed by atoms with van der Waals surface area (Å²) in [5.74, 6) is 0.486. The first-order chi connectivity index (χ1) is 9.78. The summed E-state index contributed by atoms with van der Waals surface area (Å²) in [6.45, 7) is 1.92. The van der Waals surface area contributed by atoms with E-state index in [0.29, 0.717) is 5.92 Å². The molecule has 1 aromatic rings. The van der Waals surface area contributed by atoms with Gasteiger partial charge in [-0.3, -0.25) is 0 Å². The van der Waals surface area contributed by atoms with Gasteiger partial charge in [0.25, 0.3) is 0 Å². The molecule has 1 aliphatic carbocycles. The summed E-state index contributed by atoms with van der Waals surface area (Å²) in [6, 6.07) is 7.70. The molecule has 2 rings (SSSR count). The van der Waals surface area contributed by atoms with Crippen molar-refractivity contribution < 1.29 is 9.13 Å². The number of unbranched alkanes of at least 4 members (excludes halogenated alkanes) is 1. The second-order valence-corrected chi connectivity index (χ2v) is 5.87. The van der Waals surface area contributed by atoms with Crippen molar-refractivity contribution in [2.24, 2.45) is 5.92 Å². The standard InChI is InChI=1S/C17H26FNO/c1-20-11-3-2-4-15(13-19-17-9-10-17)12-14-5-7-16(18)8-6-14/h5-8,15,17,19H,2-4,9-13H2,1H3. The minimum atomic E-state index is -0.151. The molecule has 1 unspecified atom stereocenters. The van der Waals surface area contributed by atoms with Crippen LogP contribution in [-0.2, 0) is 11.2 Å². The number of methoxy groups -OCH3 is 1. The number of hydrogen-bond donors (Lipinski definition) is 1. The minimum absolute atomic E-state index is 0.151. The van der Waals surface area contributed by atoms with Gasteiger partial charge in [0.15, 0.2) is 0 Å². The first kappa shape index (κ1) is 15.5. The van der Waals surface area contributed by atoms with Gasteiger partial charge in [-0.2, -0.15) is 0 Å². The predicted molar refractivity (Wildman–Crippen MR) is 80.3 cm³/mol. The molecule has 1 N–H and O–H groups in total. The summed E-state index contributed by atoms with van der Waals surface area (Å²) in [6.07, 6.45) is 7.22. The Bertz CT molecular complexity index is 375. The van der Waals surface area contributed by atoms with Crippen LogP contribution < -0.4 is 5.32 Å². The van der Waals surface area contributed by atoms with E-state index in [9.17, 15) is 4.39 Å². The third kappa shape index (κ3) is 6.02. The molecule has 0 radical (unpaired) electrons. The summed E-state index contributed by atoms with van der Waals surface area (Å²) in [5.41, 5.74) is 1.24. The lowest BCUT2D eigenvalue weighted by molar-refractivity contribution is 0.190. The van der Waals surface area contributed by atoms with E-state index in [1.807, 2.05) is 12.1 Å². The van der Waals surface area contributed by atoms with Crippen molar-refractivity contribution in [3.05, 3.63) is 35.6 Å². The molecule has 1 fully saturated rings. The highest BCUT2D eigenvalue weighted by Crippen LogP contribution is 2.21. The highest BCUT2D eigenvalue weighted by molar-refractivity contribution is 5.16. The fourth-order valence-electron chi connectivity index (χ4n) is 2.53. The Morgan fingerprint density at radius 2 is 2.00 bits per heavy atom. The van der Waals surface area contributed by atoms with E-state index in [1.54, 1.807) is 19.2 Å². The summed E-state index contributed by atoms with van der Waals surface area (Å²) >= 11 is 0. The highest BCUT2D eigenvalue weighted by atomic mass is 19.1. The normalized spacial score (nSPS) is 16.3. The summed E-state index contributed by atoms with van der Waals surface area (Å²) < 4.78 is 18.1. The fourth-order valence-corrected chi connectivity index (χ4v) is 2.53. The SMILES string of the molecule is COCCCCC(CNC1CC1)Cc1ccc(F)cc1. The van der Waals surface area contributed by atoms with Crippen LogP contribution in [0.5, 0.6) is 0 Å². The molecule has 0 bridgehead atoms. The van der Waals surface area contributed by atoms with Crippen molar-refractivity contribution in [2.75, 3.05) is 20.3 Å². The lowest BCUT2D eigenvalue weighted by atomic mass is 9.94. The van der Waals surface area contributed by atoms with Crippen molar-refractivity contribution in [3.63, 3.8) is 0 Å². The second-order valence-electron chi connectivity index (χ2n) is 5.87. The van der Waals surface area contributed by atoms with E-state index in [0.717, 1.165) is 32.0 Å². The van der Waals surface area contributed by atoms with Crippen molar-refractivity contribution in [1.82, 2.24) is 5.32 Å². The zero-order valence-corrected chi connectivity index (χ0v) is 12.4. The smallest absolute Gasteiger partial charge is 0.123 e. The Morgan fingerprint density at radius 1 is 1.25 bits per heavy atom. The number of benzene rings is 1. The quantitative estimate of drug-likeness (QED) is 0.661. The molecule has 0 aromatic heterocycles. The van der Waals surface area contributed by atoms with E-state index in [1.165, 1.54) is 31.2 Å². The number of hydrogen-bond acceptors (Lipinski definition) is 2. The lowest BCUT2D eigenvalue weighted by Crippen LogP contribution is -2.26. The van der Waals surface area contributed by atoms with Gasteiger partial charge in [0, 0.05) is 19.8 Å². The van der Waals surface area contributed by atoms with Gasteiger partial charge in [0.2, 0.25) is 0 Å². The first-order valence-electron chi connectivity index (χ1n) is 7.74. The number of nitrogens with one attached hydrogen (secondary N) is 1. The van der Waals surface area contributed by atoms with E-state index < -0.39 is 0 Å².